The molecule has 1 atom stereocenters. The summed E-state index contributed by atoms with van der Waals surface area (Å²) < 4.78 is 5.21. The number of aromatic amines is 1. The molecule has 2 aromatic carbocycles. The van der Waals surface area contributed by atoms with Gasteiger partial charge in [-0.05, 0) is 35.1 Å². The third-order valence-corrected chi connectivity index (χ3v) is 5.84. The highest BCUT2D eigenvalue weighted by Gasteiger charge is 2.18. The van der Waals surface area contributed by atoms with Crippen LogP contribution in [0.4, 0.5) is 0 Å². The van der Waals surface area contributed by atoms with Crippen LogP contribution in [0.5, 0.6) is 0 Å². The van der Waals surface area contributed by atoms with Gasteiger partial charge in [0.05, 0.1) is 6.04 Å². The Morgan fingerprint density at radius 2 is 1.80 bits per heavy atom. The van der Waals surface area contributed by atoms with Gasteiger partial charge >= 0.3 is 5.97 Å². The minimum absolute atomic E-state index is 0.224. The van der Waals surface area contributed by atoms with Gasteiger partial charge in [0.1, 0.15) is 0 Å². The Kier molecular flexibility index (Phi) is 6.25. The third-order valence-electron chi connectivity index (χ3n) is 4.90. The molecule has 30 heavy (non-hydrogen) atoms. The zero-order chi connectivity index (χ0) is 20.8. The number of esters is 1. The molecule has 0 bridgehead atoms. The number of carbonyl (C=O) groups is 2. The van der Waals surface area contributed by atoms with Crippen LogP contribution in [0.15, 0.2) is 78.3 Å². The number of rotatable bonds is 8. The number of hydrogen-bond acceptors (Lipinski definition) is 4. The van der Waals surface area contributed by atoms with Crippen LogP contribution in [-0.4, -0.2) is 23.5 Å². The zero-order valence-corrected chi connectivity index (χ0v) is 17.2. The van der Waals surface area contributed by atoms with Gasteiger partial charge in [-0.3, -0.25) is 9.59 Å². The van der Waals surface area contributed by atoms with Gasteiger partial charge < -0.3 is 15.0 Å². The second kappa shape index (κ2) is 9.41. The number of benzene rings is 2. The minimum Gasteiger partial charge on any atom is -0.456 e. The number of H-pyrrole nitrogens is 1. The summed E-state index contributed by atoms with van der Waals surface area (Å²) >= 11 is 1.57. The quantitative estimate of drug-likeness (QED) is 0.411. The number of aryl methyl sites for hydroxylation is 1. The van der Waals surface area contributed by atoms with Crippen LogP contribution in [0.1, 0.15) is 28.5 Å². The molecule has 0 aliphatic rings. The maximum absolute atomic E-state index is 12.4. The molecular formula is C24H22N2O3S. The average molecular weight is 419 g/mol. The van der Waals surface area contributed by atoms with Gasteiger partial charge in [0.25, 0.3) is 5.91 Å². The van der Waals surface area contributed by atoms with E-state index < -0.39 is 0 Å². The number of hydrogen-bond donors (Lipinski definition) is 2. The van der Waals surface area contributed by atoms with E-state index in [-0.39, 0.29) is 30.9 Å². The van der Waals surface area contributed by atoms with E-state index in [2.05, 4.69) is 10.3 Å². The van der Waals surface area contributed by atoms with Crippen molar-refractivity contribution in [1.29, 1.82) is 0 Å². The second-order valence-electron chi connectivity index (χ2n) is 6.95. The van der Waals surface area contributed by atoms with E-state index in [9.17, 15) is 9.59 Å². The summed E-state index contributed by atoms with van der Waals surface area (Å²) in [4.78, 5) is 28.8. The van der Waals surface area contributed by atoms with Gasteiger partial charge in [-0.15, -0.1) is 11.3 Å². The molecule has 0 aliphatic carbocycles. The van der Waals surface area contributed by atoms with Gasteiger partial charge in [-0.25, -0.2) is 0 Å². The highest BCUT2D eigenvalue weighted by molar-refractivity contribution is 7.10. The molecule has 0 fully saturated rings. The molecule has 0 saturated heterocycles. The van der Waals surface area contributed by atoms with E-state index in [0.29, 0.717) is 6.42 Å². The largest absolute Gasteiger partial charge is 0.456 e. The summed E-state index contributed by atoms with van der Waals surface area (Å²) in [6.45, 7) is -0.290. The topological polar surface area (TPSA) is 71.2 Å². The second-order valence-corrected chi connectivity index (χ2v) is 7.93. The predicted octanol–water partition coefficient (Wildman–Crippen LogP) is 4.61. The first-order valence-electron chi connectivity index (χ1n) is 9.79. The number of thiophene rings is 1. The van der Waals surface area contributed by atoms with Crippen molar-refractivity contribution in [3.8, 4) is 0 Å². The average Bonchev–Trinajstić information content (AvgIpc) is 3.45. The SMILES string of the molecule is O=C(COC(=O)CCc1c[nH]c2ccccc12)N[C@H](c1ccccc1)c1cccs1. The summed E-state index contributed by atoms with van der Waals surface area (Å²) in [5.74, 6) is -0.708. The highest BCUT2D eigenvalue weighted by atomic mass is 32.1. The Hall–Kier alpha value is -3.38. The number of fused-ring (bicyclic) bond motifs is 1. The van der Waals surface area contributed by atoms with E-state index >= 15 is 0 Å². The molecule has 4 rings (SSSR count). The lowest BCUT2D eigenvalue weighted by Gasteiger charge is -2.18. The van der Waals surface area contributed by atoms with Crippen LogP contribution in [0, 0.1) is 0 Å². The van der Waals surface area contributed by atoms with Crippen molar-refractivity contribution in [2.45, 2.75) is 18.9 Å². The lowest BCUT2D eigenvalue weighted by Crippen LogP contribution is -2.32. The Labute approximate surface area is 178 Å². The molecule has 2 aromatic heterocycles. The first-order valence-corrected chi connectivity index (χ1v) is 10.7. The molecule has 0 spiro atoms. The molecule has 2 N–H and O–H groups in total. The number of aromatic nitrogens is 1. The summed E-state index contributed by atoms with van der Waals surface area (Å²) in [7, 11) is 0. The van der Waals surface area contributed by atoms with Crippen molar-refractivity contribution in [2.75, 3.05) is 6.61 Å². The summed E-state index contributed by atoms with van der Waals surface area (Å²) in [6, 6.07) is 21.4. The molecule has 2 heterocycles. The molecule has 0 aliphatic heterocycles. The van der Waals surface area contributed by atoms with Crippen molar-refractivity contribution in [3.05, 3.63) is 94.3 Å². The van der Waals surface area contributed by atoms with Gasteiger partial charge in [-0.2, -0.15) is 0 Å². The van der Waals surface area contributed by atoms with Gasteiger partial charge in [0.15, 0.2) is 6.61 Å². The first kappa shape index (κ1) is 19.9. The van der Waals surface area contributed by atoms with E-state index in [1.165, 1.54) is 0 Å². The van der Waals surface area contributed by atoms with Crippen molar-refractivity contribution >= 4 is 34.1 Å². The monoisotopic (exact) mass is 418 g/mol. The van der Waals surface area contributed by atoms with Crippen molar-refractivity contribution in [3.63, 3.8) is 0 Å². The number of nitrogens with one attached hydrogen (secondary N) is 2. The van der Waals surface area contributed by atoms with E-state index in [0.717, 1.165) is 26.9 Å². The molecule has 5 nitrogen and oxygen atoms in total. The molecule has 6 heteroatoms. The molecule has 0 saturated carbocycles. The number of ether oxygens (including phenoxy) is 1. The Balaban J connectivity index is 1.30. The summed E-state index contributed by atoms with van der Waals surface area (Å²) in [5, 5.41) is 6.05. The number of carbonyl (C=O) groups excluding carboxylic acids is 2. The maximum Gasteiger partial charge on any atom is 0.306 e. The van der Waals surface area contributed by atoms with Crippen LogP contribution in [0.3, 0.4) is 0 Å². The normalized spacial score (nSPS) is 11.9. The van der Waals surface area contributed by atoms with Crippen LogP contribution in [-0.2, 0) is 20.7 Å². The van der Waals surface area contributed by atoms with Crippen LogP contribution < -0.4 is 5.32 Å². The Morgan fingerprint density at radius 1 is 1.00 bits per heavy atom. The molecule has 0 unspecified atom stereocenters. The number of para-hydroxylation sites is 1. The summed E-state index contributed by atoms with van der Waals surface area (Å²) in [5.41, 5.74) is 3.09. The molecule has 1 amide bonds. The molecular weight excluding hydrogens is 396 g/mol. The maximum atomic E-state index is 12.4. The standard InChI is InChI=1S/C24H22N2O3S/c27-22(26-24(21-11-6-14-30-21)17-7-2-1-3-8-17)16-29-23(28)13-12-18-15-25-20-10-5-4-9-19(18)20/h1-11,14-15,24-25H,12-13,16H2,(H,26,27)/t24-/m1/s1. The third kappa shape index (κ3) is 4.78. The van der Waals surface area contributed by atoms with Crippen LogP contribution in [0.2, 0.25) is 0 Å². The molecule has 0 radical (unpaired) electrons. The predicted molar refractivity (Wildman–Crippen MR) is 118 cm³/mol. The fourth-order valence-corrected chi connectivity index (χ4v) is 4.22. The van der Waals surface area contributed by atoms with Crippen LogP contribution in [0.25, 0.3) is 10.9 Å². The van der Waals surface area contributed by atoms with Gasteiger partial charge in [0, 0.05) is 28.4 Å². The first-order chi connectivity index (χ1) is 14.7. The van der Waals surface area contributed by atoms with E-state index in [1.54, 1.807) is 11.3 Å². The van der Waals surface area contributed by atoms with Crippen LogP contribution >= 0.6 is 11.3 Å². The minimum atomic E-state index is -0.386. The van der Waals surface area contributed by atoms with E-state index in [1.807, 2.05) is 78.3 Å². The smallest absolute Gasteiger partial charge is 0.306 e. The Morgan fingerprint density at radius 3 is 2.60 bits per heavy atom. The fraction of sp³-hybridized carbons (Fsp3) is 0.167. The zero-order valence-electron chi connectivity index (χ0n) is 16.3. The molecule has 152 valence electrons. The lowest BCUT2D eigenvalue weighted by atomic mass is 10.1. The van der Waals surface area contributed by atoms with Crippen molar-refractivity contribution in [2.24, 2.45) is 0 Å². The van der Waals surface area contributed by atoms with Crippen molar-refractivity contribution < 1.29 is 14.3 Å². The highest BCUT2D eigenvalue weighted by Crippen LogP contribution is 2.25. The fourth-order valence-electron chi connectivity index (χ4n) is 3.42. The lowest BCUT2D eigenvalue weighted by molar-refractivity contribution is -0.148. The number of amides is 1. The van der Waals surface area contributed by atoms with Crippen molar-refractivity contribution in [1.82, 2.24) is 10.3 Å². The Bertz CT molecular complexity index is 1120. The molecule has 4 aromatic rings. The summed E-state index contributed by atoms with van der Waals surface area (Å²) in [6.07, 6.45) is 2.70. The van der Waals surface area contributed by atoms with Gasteiger partial charge in [0.2, 0.25) is 0 Å². The van der Waals surface area contributed by atoms with E-state index in [4.69, 9.17) is 4.74 Å². The van der Waals surface area contributed by atoms with Gasteiger partial charge in [-0.1, -0.05) is 54.6 Å².